The number of carboxylic acid groups (broad SMARTS) is 1. The van der Waals surface area contributed by atoms with E-state index in [1.807, 2.05) is 13.8 Å². The van der Waals surface area contributed by atoms with Gasteiger partial charge in [-0.1, -0.05) is 26.7 Å². The number of aliphatic hydroxyl groups is 3. The predicted octanol–water partition coefficient (Wildman–Crippen LogP) is 0.576. The molecule has 1 fully saturated rings. The second-order valence-corrected chi connectivity index (χ2v) is 6.93. The SMILES string of the molecule is CCCC(CC(=O)O)OC(=O)CC(CCC)O[C@@H]1OC(C)[C@H](O)C(O)[C@@H]1O. The summed E-state index contributed by atoms with van der Waals surface area (Å²) in [4.78, 5) is 23.1. The zero-order valence-corrected chi connectivity index (χ0v) is 16.1. The van der Waals surface area contributed by atoms with E-state index in [0.717, 1.165) is 0 Å². The van der Waals surface area contributed by atoms with Crippen molar-refractivity contribution in [2.75, 3.05) is 0 Å². The van der Waals surface area contributed by atoms with E-state index in [4.69, 9.17) is 19.3 Å². The predicted molar refractivity (Wildman–Crippen MR) is 93.8 cm³/mol. The van der Waals surface area contributed by atoms with Crippen molar-refractivity contribution >= 4 is 11.9 Å². The lowest BCUT2D eigenvalue weighted by Crippen LogP contribution is -2.58. The molecule has 1 saturated heterocycles. The lowest BCUT2D eigenvalue weighted by Gasteiger charge is -2.40. The zero-order valence-electron chi connectivity index (χ0n) is 16.1. The van der Waals surface area contributed by atoms with Crippen LogP contribution in [-0.4, -0.2) is 75.3 Å². The van der Waals surface area contributed by atoms with Gasteiger partial charge in [-0.15, -0.1) is 0 Å². The van der Waals surface area contributed by atoms with Crippen LogP contribution in [0.4, 0.5) is 0 Å². The van der Waals surface area contributed by atoms with Gasteiger partial charge in [-0.3, -0.25) is 9.59 Å². The summed E-state index contributed by atoms with van der Waals surface area (Å²) in [5.74, 6) is -1.63. The van der Waals surface area contributed by atoms with Crippen LogP contribution in [0.2, 0.25) is 0 Å². The Morgan fingerprint density at radius 1 is 0.963 bits per heavy atom. The topological polar surface area (TPSA) is 143 Å². The summed E-state index contributed by atoms with van der Waals surface area (Å²) in [5.41, 5.74) is 0. The van der Waals surface area contributed by atoms with Crippen molar-refractivity contribution in [1.82, 2.24) is 0 Å². The molecular formula is C18H32O9. The monoisotopic (exact) mass is 392 g/mol. The summed E-state index contributed by atoms with van der Waals surface area (Å²) in [6.45, 7) is 5.31. The molecule has 1 aliphatic rings. The van der Waals surface area contributed by atoms with E-state index in [9.17, 15) is 24.9 Å². The molecule has 0 aromatic rings. The first kappa shape index (κ1) is 23.8. The van der Waals surface area contributed by atoms with Crippen LogP contribution in [0.15, 0.2) is 0 Å². The molecule has 1 aliphatic heterocycles. The molecule has 4 unspecified atom stereocenters. The summed E-state index contributed by atoms with van der Waals surface area (Å²) >= 11 is 0. The molecule has 0 radical (unpaired) electrons. The lowest BCUT2D eigenvalue weighted by atomic mass is 10.00. The largest absolute Gasteiger partial charge is 0.481 e. The van der Waals surface area contributed by atoms with Gasteiger partial charge in [0.2, 0.25) is 0 Å². The average Bonchev–Trinajstić information content (AvgIpc) is 2.57. The second kappa shape index (κ2) is 11.6. The van der Waals surface area contributed by atoms with Crippen molar-refractivity contribution < 1.29 is 44.2 Å². The fourth-order valence-electron chi connectivity index (χ4n) is 2.99. The molecule has 0 saturated carbocycles. The Morgan fingerprint density at radius 2 is 1.56 bits per heavy atom. The first-order chi connectivity index (χ1) is 12.7. The molecule has 1 heterocycles. The molecule has 27 heavy (non-hydrogen) atoms. The molecule has 158 valence electrons. The third-order valence-electron chi connectivity index (χ3n) is 4.45. The van der Waals surface area contributed by atoms with Crippen LogP contribution >= 0.6 is 0 Å². The Hall–Kier alpha value is -1.26. The molecule has 1 rings (SSSR count). The number of aliphatic hydroxyl groups excluding tert-OH is 3. The smallest absolute Gasteiger partial charge is 0.308 e. The third kappa shape index (κ3) is 7.71. The Morgan fingerprint density at radius 3 is 2.11 bits per heavy atom. The molecule has 9 nitrogen and oxygen atoms in total. The number of esters is 1. The zero-order chi connectivity index (χ0) is 20.6. The molecule has 4 N–H and O–H groups in total. The fraction of sp³-hybridized carbons (Fsp3) is 0.889. The minimum absolute atomic E-state index is 0.132. The van der Waals surface area contributed by atoms with E-state index in [-0.39, 0.29) is 12.8 Å². The fourth-order valence-corrected chi connectivity index (χ4v) is 2.99. The molecule has 0 aliphatic carbocycles. The van der Waals surface area contributed by atoms with Crippen LogP contribution in [0, 0.1) is 0 Å². The minimum Gasteiger partial charge on any atom is -0.481 e. The number of carbonyl (C=O) groups is 2. The van der Waals surface area contributed by atoms with Gasteiger partial charge in [-0.05, 0) is 19.8 Å². The number of aliphatic carboxylic acids is 1. The highest BCUT2D eigenvalue weighted by molar-refractivity contribution is 5.72. The van der Waals surface area contributed by atoms with Crippen molar-refractivity contribution in [2.24, 2.45) is 0 Å². The Bertz CT molecular complexity index is 470. The van der Waals surface area contributed by atoms with Crippen LogP contribution in [0.1, 0.15) is 59.3 Å². The molecular weight excluding hydrogens is 360 g/mol. The number of carbonyl (C=O) groups excluding carboxylic acids is 1. The van der Waals surface area contributed by atoms with Crippen LogP contribution in [0.3, 0.4) is 0 Å². The number of hydrogen-bond acceptors (Lipinski definition) is 8. The first-order valence-electron chi connectivity index (χ1n) is 9.45. The van der Waals surface area contributed by atoms with Crippen molar-refractivity contribution in [3.05, 3.63) is 0 Å². The van der Waals surface area contributed by atoms with E-state index < -0.39 is 54.9 Å². The quantitative estimate of drug-likeness (QED) is 0.371. The van der Waals surface area contributed by atoms with E-state index in [2.05, 4.69) is 0 Å². The Balaban J connectivity index is 2.66. The summed E-state index contributed by atoms with van der Waals surface area (Å²) in [6.07, 6.45) is -5.47. The molecule has 0 amide bonds. The van der Waals surface area contributed by atoms with Gasteiger partial charge in [0.1, 0.15) is 24.4 Å². The minimum atomic E-state index is -1.45. The van der Waals surface area contributed by atoms with Crippen molar-refractivity contribution in [2.45, 2.75) is 102 Å². The molecule has 9 heteroatoms. The van der Waals surface area contributed by atoms with Crippen LogP contribution < -0.4 is 0 Å². The number of ether oxygens (including phenoxy) is 3. The van der Waals surface area contributed by atoms with Gasteiger partial charge in [0.15, 0.2) is 6.29 Å². The summed E-state index contributed by atoms with van der Waals surface area (Å²) < 4.78 is 16.3. The third-order valence-corrected chi connectivity index (χ3v) is 4.45. The van der Waals surface area contributed by atoms with E-state index in [1.54, 1.807) is 6.92 Å². The van der Waals surface area contributed by atoms with Gasteiger partial charge in [0.25, 0.3) is 0 Å². The molecule has 0 spiro atoms. The van der Waals surface area contributed by atoms with Crippen molar-refractivity contribution in [3.8, 4) is 0 Å². The van der Waals surface area contributed by atoms with Gasteiger partial charge in [-0.2, -0.15) is 0 Å². The summed E-state index contributed by atoms with van der Waals surface area (Å²) in [7, 11) is 0. The standard InChI is InChI=1S/C18H32O9/c1-4-6-11(8-13(19)20)26-14(21)9-12(7-5-2)27-18-17(24)16(23)15(22)10(3)25-18/h10-12,15-18,22-24H,4-9H2,1-3H3,(H,19,20)/t10?,11?,12?,15-,16?,17-,18-/m0/s1. The molecule has 0 bridgehead atoms. The second-order valence-electron chi connectivity index (χ2n) is 6.93. The number of rotatable bonds is 11. The number of carboxylic acids is 1. The lowest BCUT2D eigenvalue weighted by molar-refractivity contribution is -0.304. The van der Waals surface area contributed by atoms with Crippen molar-refractivity contribution in [1.29, 1.82) is 0 Å². The van der Waals surface area contributed by atoms with E-state index >= 15 is 0 Å². The van der Waals surface area contributed by atoms with Gasteiger partial charge in [0.05, 0.1) is 25.0 Å². The maximum absolute atomic E-state index is 12.2. The summed E-state index contributed by atoms with van der Waals surface area (Å²) in [5, 5.41) is 38.5. The Kier molecular flexibility index (Phi) is 10.2. The van der Waals surface area contributed by atoms with Gasteiger partial charge in [-0.25, -0.2) is 0 Å². The highest BCUT2D eigenvalue weighted by Gasteiger charge is 2.43. The van der Waals surface area contributed by atoms with Gasteiger partial charge < -0.3 is 34.6 Å². The van der Waals surface area contributed by atoms with E-state index in [1.165, 1.54) is 0 Å². The van der Waals surface area contributed by atoms with Crippen LogP contribution in [-0.2, 0) is 23.8 Å². The van der Waals surface area contributed by atoms with Crippen molar-refractivity contribution in [3.63, 3.8) is 0 Å². The highest BCUT2D eigenvalue weighted by atomic mass is 16.7. The normalized spacial score (nSPS) is 30.5. The van der Waals surface area contributed by atoms with E-state index in [0.29, 0.717) is 25.7 Å². The molecule has 0 aromatic carbocycles. The van der Waals surface area contributed by atoms with Crippen LogP contribution in [0.5, 0.6) is 0 Å². The maximum atomic E-state index is 12.2. The first-order valence-corrected chi connectivity index (χ1v) is 9.45. The average molecular weight is 392 g/mol. The van der Waals surface area contributed by atoms with Gasteiger partial charge >= 0.3 is 11.9 Å². The highest BCUT2D eigenvalue weighted by Crippen LogP contribution is 2.24. The van der Waals surface area contributed by atoms with Crippen LogP contribution in [0.25, 0.3) is 0 Å². The van der Waals surface area contributed by atoms with Gasteiger partial charge in [0, 0.05) is 0 Å². The maximum Gasteiger partial charge on any atom is 0.308 e. The molecule has 0 aromatic heterocycles. The molecule has 7 atom stereocenters. The Labute approximate surface area is 159 Å². The summed E-state index contributed by atoms with van der Waals surface area (Å²) in [6, 6.07) is 0. The number of hydrogen-bond donors (Lipinski definition) is 4.